The van der Waals surface area contributed by atoms with Gasteiger partial charge in [0.2, 0.25) is 5.91 Å². The van der Waals surface area contributed by atoms with Crippen molar-refractivity contribution in [2.24, 2.45) is 0 Å². The number of carbonyl (C=O) groups excluding carboxylic acids is 1. The molecular weight excluding hydrogens is 398 g/mol. The summed E-state index contributed by atoms with van der Waals surface area (Å²) in [5.41, 5.74) is 1.69. The topological polar surface area (TPSA) is 69.7 Å². The van der Waals surface area contributed by atoms with E-state index in [1.807, 2.05) is 48.5 Å². The first-order valence-electron chi connectivity index (χ1n) is 9.96. The van der Waals surface area contributed by atoms with E-state index in [1.165, 1.54) is 0 Å². The van der Waals surface area contributed by atoms with Gasteiger partial charge in [0.25, 0.3) is 0 Å². The second kappa shape index (κ2) is 8.45. The predicted octanol–water partition coefficient (Wildman–Crippen LogP) is 3.00. The molecule has 7 heteroatoms. The Labute approximate surface area is 177 Å². The number of hydrogen-bond acceptors (Lipinski definition) is 5. The van der Waals surface area contributed by atoms with Crippen molar-refractivity contribution in [3.8, 4) is 0 Å². The smallest absolute Gasteiger partial charge is 0.239 e. The number of nitrogens with one attached hydrogen (secondary N) is 1. The molecule has 6 nitrogen and oxygen atoms in total. The number of nitrogens with zero attached hydrogens (tertiary/aromatic N) is 2. The molecule has 0 bridgehead atoms. The lowest BCUT2D eigenvalue weighted by atomic mass is 10.1. The van der Waals surface area contributed by atoms with Gasteiger partial charge in [-0.1, -0.05) is 30.3 Å². The molecule has 4 rings (SSSR count). The standard InChI is InChI=1S/C23H25N3O3S/c1-25-12-14-26(15-13-25)21-9-7-20(8-10-21)24-23(27)17-30(28,29)22-11-6-18-4-2-3-5-19(18)16-22/h2-11,16H,12-15,17H2,1H3,(H,24,27). The van der Waals surface area contributed by atoms with Crippen LogP contribution in [-0.4, -0.2) is 58.2 Å². The number of piperazine rings is 1. The Kier molecular flexibility index (Phi) is 5.74. The Balaban J connectivity index is 1.40. The highest BCUT2D eigenvalue weighted by molar-refractivity contribution is 7.92. The van der Waals surface area contributed by atoms with E-state index < -0.39 is 21.5 Å². The number of rotatable bonds is 5. The van der Waals surface area contributed by atoms with Crippen LogP contribution in [0.1, 0.15) is 0 Å². The minimum Gasteiger partial charge on any atom is -0.369 e. The molecular formula is C23H25N3O3S. The van der Waals surface area contributed by atoms with Crippen molar-refractivity contribution < 1.29 is 13.2 Å². The molecule has 3 aromatic rings. The van der Waals surface area contributed by atoms with Gasteiger partial charge in [-0.05, 0) is 54.2 Å². The van der Waals surface area contributed by atoms with Gasteiger partial charge in [0, 0.05) is 37.6 Å². The maximum absolute atomic E-state index is 12.7. The van der Waals surface area contributed by atoms with Crippen LogP contribution in [0.15, 0.2) is 71.6 Å². The first-order chi connectivity index (χ1) is 14.4. The van der Waals surface area contributed by atoms with Crippen LogP contribution in [0.4, 0.5) is 11.4 Å². The summed E-state index contributed by atoms with van der Waals surface area (Å²) in [6, 6.07) is 20.0. The number of anilines is 2. The third-order valence-corrected chi connectivity index (χ3v) is 7.04. The molecule has 0 aliphatic carbocycles. The average Bonchev–Trinajstić information content (AvgIpc) is 2.74. The van der Waals surface area contributed by atoms with E-state index in [2.05, 4.69) is 22.2 Å². The second-order valence-corrected chi connectivity index (χ2v) is 9.64. The zero-order valence-corrected chi connectivity index (χ0v) is 17.7. The van der Waals surface area contributed by atoms with E-state index in [0.29, 0.717) is 5.69 Å². The van der Waals surface area contributed by atoms with Crippen LogP contribution < -0.4 is 10.2 Å². The maximum atomic E-state index is 12.7. The normalized spacial score (nSPS) is 15.3. The van der Waals surface area contributed by atoms with Gasteiger partial charge >= 0.3 is 0 Å². The molecule has 1 amide bonds. The minimum absolute atomic E-state index is 0.154. The zero-order chi connectivity index (χ0) is 21.1. The van der Waals surface area contributed by atoms with Crippen molar-refractivity contribution in [3.05, 3.63) is 66.7 Å². The van der Waals surface area contributed by atoms with Crippen LogP contribution in [0, 0.1) is 0 Å². The second-order valence-electron chi connectivity index (χ2n) is 7.65. The molecule has 3 aromatic carbocycles. The van der Waals surface area contributed by atoms with Gasteiger partial charge in [0.05, 0.1) is 4.90 Å². The molecule has 30 heavy (non-hydrogen) atoms. The summed E-state index contributed by atoms with van der Waals surface area (Å²) in [4.78, 5) is 17.1. The summed E-state index contributed by atoms with van der Waals surface area (Å²) in [7, 11) is -1.61. The number of amides is 1. The fourth-order valence-electron chi connectivity index (χ4n) is 3.63. The monoisotopic (exact) mass is 423 g/mol. The highest BCUT2D eigenvalue weighted by atomic mass is 32.2. The van der Waals surface area contributed by atoms with Gasteiger partial charge in [-0.3, -0.25) is 4.79 Å². The Hall–Kier alpha value is -2.90. The Morgan fingerprint density at radius 1 is 0.900 bits per heavy atom. The van der Waals surface area contributed by atoms with E-state index >= 15 is 0 Å². The fourth-order valence-corrected chi connectivity index (χ4v) is 4.80. The van der Waals surface area contributed by atoms with Gasteiger partial charge in [-0.15, -0.1) is 0 Å². The number of hydrogen-bond donors (Lipinski definition) is 1. The molecule has 0 saturated carbocycles. The van der Waals surface area contributed by atoms with E-state index in [9.17, 15) is 13.2 Å². The first kappa shape index (κ1) is 20.4. The molecule has 1 N–H and O–H groups in total. The fraction of sp³-hybridized carbons (Fsp3) is 0.261. The van der Waals surface area contributed by atoms with Crippen LogP contribution >= 0.6 is 0 Å². The Morgan fingerprint density at radius 3 is 2.27 bits per heavy atom. The Morgan fingerprint density at radius 2 is 1.57 bits per heavy atom. The average molecular weight is 424 g/mol. The molecule has 1 aliphatic rings. The SMILES string of the molecule is CN1CCN(c2ccc(NC(=O)CS(=O)(=O)c3ccc4ccccc4c3)cc2)CC1. The number of sulfone groups is 1. The quantitative estimate of drug-likeness (QED) is 0.683. The van der Waals surface area contributed by atoms with Crippen molar-refractivity contribution in [1.82, 2.24) is 4.90 Å². The highest BCUT2D eigenvalue weighted by Gasteiger charge is 2.20. The van der Waals surface area contributed by atoms with Crippen molar-refractivity contribution in [3.63, 3.8) is 0 Å². The summed E-state index contributed by atoms with van der Waals surface area (Å²) < 4.78 is 25.4. The Bertz CT molecular complexity index is 1150. The van der Waals surface area contributed by atoms with Crippen molar-refractivity contribution in [2.45, 2.75) is 4.90 Å². The lowest BCUT2D eigenvalue weighted by Gasteiger charge is -2.34. The number of likely N-dealkylation sites (N-methyl/N-ethyl adjacent to an activating group) is 1. The molecule has 0 radical (unpaired) electrons. The van der Waals surface area contributed by atoms with Crippen LogP contribution in [0.5, 0.6) is 0 Å². The number of fused-ring (bicyclic) bond motifs is 1. The van der Waals surface area contributed by atoms with Crippen LogP contribution in [0.2, 0.25) is 0 Å². The molecule has 0 spiro atoms. The molecule has 156 valence electrons. The molecule has 1 heterocycles. The molecule has 1 saturated heterocycles. The third-order valence-electron chi connectivity index (χ3n) is 5.42. The summed E-state index contributed by atoms with van der Waals surface area (Å²) in [5.74, 6) is -1.14. The van der Waals surface area contributed by atoms with E-state index in [1.54, 1.807) is 18.2 Å². The molecule has 0 atom stereocenters. The zero-order valence-electron chi connectivity index (χ0n) is 16.9. The first-order valence-corrected chi connectivity index (χ1v) is 11.6. The molecule has 1 fully saturated rings. The van der Waals surface area contributed by atoms with Crippen LogP contribution in [0.3, 0.4) is 0 Å². The predicted molar refractivity (Wildman–Crippen MR) is 121 cm³/mol. The van der Waals surface area contributed by atoms with Crippen molar-refractivity contribution in [2.75, 3.05) is 49.2 Å². The van der Waals surface area contributed by atoms with Gasteiger partial charge in [-0.2, -0.15) is 0 Å². The largest absolute Gasteiger partial charge is 0.369 e. The van der Waals surface area contributed by atoms with Gasteiger partial charge in [0.1, 0.15) is 5.75 Å². The summed E-state index contributed by atoms with van der Waals surface area (Å²) in [5, 5.41) is 4.49. The van der Waals surface area contributed by atoms with Crippen LogP contribution in [0.25, 0.3) is 10.8 Å². The van der Waals surface area contributed by atoms with E-state index in [4.69, 9.17) is 0 Å². The molecule has 0 aromatic heterocycles. The van der Waals surface area contributed by atoms with Crippen molar-refractivity contribution in [1.29, 1.82) is 0 Å². The van der Waals surface area contributed by atoms with Gasteiger partial charge in [-0.25, -0.2) is 8.42 Å². The molecule has 0 unspecified atom stereocenters. The summed E-state index contributed by atoms with van der Waals surface area (Å²) >= 11 is 0. The van der Waals surface area contributed by atoms with E-state index in [-0.39, 0.29) is 4.90 Å². The highest BCUT2D eigenvalue weighted by Crippen LogP contribution is 2.21. The van der Waals surface area contributed by atoms with Gasteiger partial charge < -0.3 is 15.1 Å². The minimum atomic E-state index is -3.73. The lowest BCUT2D eigenvalue weighted by Crippen LogP contribution is -2.44. The number of carbonyl (C=O) groups is 1. The summed E-state index contributed by atoms with van der Waals surface area (Å²) in [6.45, 7) is 3.97. The van der Waals surface area contributed by atoms with Crippen molar-refractivity contribution >= 4 is 37.9 Å². The maximum Gasteiger partial charge on any atom is 0.239 e. The lowest BCUT2D eigenvalue weighted by molar-refractivity contribution is -0.113. The van der Waals surface area contributed by atoms with Crippen LogP contribution in [-0.2, 0) is 14.6 Å². The van der Waals surface area contributed by atoms with E-state index in [0.717, 1.165) is 42.6 Å². The summed E-state index contributed by atoms with van der Waals surface area (Å²) in [6.07, 6.45) is 0. The van der Waals surface area contributed by atoms with Gasteiger partial charge in [0.15, 0.2) is 9.84 Å². The third kappa shape index (κ3) is 4.63. The number of benzene rings is 3. The molecule has 1 aliphatic heterocycles.